The molecule has 0 aliphatic rings. The van der Waals surface area contributed by atoms with E-state index in [2.05, 4.69) is 47.4 Å². The topological polar surface area (TPSA) is 173 Å². The van der Waals surface area contributed by atoms with E-state index in [1.54, 1.807) is 0 Å². The number of carboxylic acids is 3. The Bertz CT molecular complexity index is 537. The zero-order valence-corrected chi connectivity index (χ0v) is 21.1. The van der Waals surface area contributed by atoms with Crippen LogP contribution in [0.1, 0.15) is 61.3 Å². The summed E-state index contributed by atoms with van der Waals surface area (Å²) in [6.45, 7) is 21.6. The van der Waals surface area contributed by atoms with Gasteiger partial charge < -0.3 is 30.6 Å². The normalized spacial score (nSPS) is 11.1. The lowest BCUT2D eigenvalue weighted by atomic mass is 9.63. The minimum atomic E-state index is -0.935. The number of aliphatic carboxylic acids is 3. The van der Waals surface area contributed by atoms with Crippen molar-refractivity contribution in [3.05, 3.63) is 36.5 Å². The van der Waals surface area contributed by atoms with Crippen LogP contribution in [0.2, 0.25) is 0 Å². The Morgan fingerprint density at radius 3 is 1.00 bits per heavy atom. The molecule has 9 nitrogen and oxygen atoms in total. The lowest BCUT2D eigenvalue weighted by Crippen LogP contribution is -2.47. The van der Waals surface area contributed by atoms with Crippen molar-refractivity contribution in [1.29, 1.82) is 0 Å². The quantitative estimate of drug-likeness (QED) is 0.273. The molecule has 6 N–H and O–H groups in total. The molecule has 0 saturated heterocycles. The Hall–Kier alpha value is -2.49. The average Bonchev–Trinajstić information content (AvgIpc) is 2.69. The van der Waals surface area contributed by atoms with E-state index in [1.807, 2.05) is 0 Å². The average molecular weight is 477 g/mol. The molecule has 0 bridgehead atoms. The maximum Gasteiger partial charge on any atom is 0.330 e. The van der Waals surface area contributed by atoms with Crippen LogP contribution in [0.5, 0.6) is 0 Å². The molecule has 0 aliphatic carbocycles. The number of hydrogen-bond donors (Lipinski definition) is 6. The van der Waals surface area contributed by atoms with E-state index >= 15 is 0 Å². The van der Waals surface area contributed by atoms with Crippen molar-refractivity contribution in [2.45, 2.75) is 61.3 Å². The zero-order valence-electron chi connectivity index (χ0n) is 21.1. The molecule has 0 aromatic rings. The molecular weight excluding hydrogens is 432 g/mol. The van der Waals surface area contributed by atoms with Gasteiger partial charge in [0.2, 0.25) is 0 Å². The molecule has 33 heavy (non-hydrogen) atoms. The van der Waals surface area contributed by atoms with Gasteiger partial charge in [-0.25, -0.2) is 14.4 Å². The van der Waals surface area contributed by atoms with E-state index < -0.39 is 23.3 Å². The molecule has 9 heteroatoms. The number of aliphatic hydroxyl groups is 3. The van der Waals surface area contributed by atoms with E-state index in [0.29, 0.717) is 0 Å². The number of rotatable bonds is 9. The van der Waals surface area contributed by atoms with Crippen molar-refractivity contribution < 1.29 is 45.0 Å². The minimum Gasteiger partial charge on any atom is -0.478 e. The number of aliphatic hydroxyl groups excluding tert-OH is 3. The first-order valence-corrected chi connectivity index (χ1v) is 10.3. The third-order valence-electron chi connectivity index (χ3n) is 4.40. The van der Waals surface area contributed by atoms with Crippen LogP contribution >= 0.6 is 0 Å². The SMILES string of the molecule is C=C(C)C(=O)O.C=C(C)C(=O)O.C=C(C)C(=O)O.CCCC(C(C)(C)C)C(CO)(CO)CO. The third-order valence-corrected chi connectivity index (χ3v) is 4.40. The van der Waals surface area contributed by atoms with Gasteiger partial charge in [-0.15, -0.1) is 0 Å². The summed E-state index contributed by atoms with van der Waals surface area (Å²) >= 11 is 0. The molecule has 0 aliphatic heterocycles. The van der Waals surface area contributed by atoms with Crippen LogP contribution in [-0.2, 0) is 14.4 Å². The van der Waals surface area contributed by atoms with Crippen LogP contribution in [0.15, 0.2) is 36.5 Å². The van der Waals surface area contributed by atoms with Crippen LogP contribution in [0, 0.1) is 16.7 Å². The summed E-state index contributed by atoms with van der Waals surface area (Å²) in [6, 6.07) is 0. The predicted octanol–water partition coefficient (Wildman–Crippen LogP) is 3.35. The van der Waals surface area contributed by atoms with Gasteiger partial charge in [0.05, 0.1) is 19.8 Å². The van der Waals surface area contributed by atoms with Gasteiger partial charge in [-0.1, -0.05) is 53.9 Å². The fourth-order valence-electron chi connectivity index (χ4n) is 2.43. The second-order valence-corrected chi connectivity index (χ2v) is 8.80. The Kier molecular flexibility index (Phi) is 21.8. The van der Waals surface area contributed by atoms with E-state index in [-0.39, 0.29) is 47.9 Å². The Morgan fingerprint density at radius 2 is 0.909 bits per heavy atom. The smallest absolute Gasteiger partial charge is 0.330 e. The lowest BCUT2D eigenvalue weighted by molar-refractivity contribution is -0.133. The van der Waals surface area contributed by atoms with Crippen molar-refractivity contribution in [1.82, 2.24) is 0 Å². The molecule has 0 fully saturated rings. The second kappa shape index (κ2) is 19.0. The van der Waals surface area contributed by atoms with Crippen molar-refractivity contribution >= 4 is 17.9 Å². The van der Waals surface area contributed by atoms with Gasteiger partial charge in [0.1, 0.15) is 0 Å². The van der Waals surface area contributed by atoms with Crippen molar-refractivity contribution in [2.75, 3.05) is 19.8 Å². The van der Waals surface area contributed by atoms with Crippen molar-refractivity contribution in [3.63, 3.8) is 0 Å². The summed E-state index contributed by atoms with van der Waals surface area (Å²) in [4.78, 5) is 28.8. The largest absolute Gasteiger partial charge is 0.478 e. The van der Waals surface area contributed by atoms with Gasteiger partial charge >= 0.3 is 17.9 Å². The second-order valence-electron chi connectivity index (χ2n) is 8.80. The fourth-order valence-corrected chi connectivity index (χ4v) is 2.43. The highest BCUT2D eigenvalue weighted by Gasteiger charge is 2.43. The maximum absolute atomic E-state index is 9.60. The van der Waals surface area contributed by atoms with Gasteiger partial charge in [0, 0.05) is 22.1 Å². The summed E-state index contributed by atoms with van der Waals surface area (Å²) in [5.41, 5.74) is -0.252. The van der Waals surface area contributed by atoms with Gasteiger partial charge in [0.15, 0.2) is 0 Å². The first kappa shape index (κ1) is 37.8. The Morgan fingerprint density at radius 1 is 0.697 bits per heavy atom. The van der Waals surface area contributed by atoms with E-state index in [1.165, 1.54) is 20.8 Å². The summed E-state index contributed by atoms with van der Waals surface area (Å²) in [7, 11) is 0. The predicted molar refractivity (Wildman–Crippen MR) is 129 cm³/mol. The monoisotopic (exact) mass is 476 g/mol. The summed E-state index contributed by atoms with van der Waals surface area (Å²) in [5, 5.41) is 51.9. The van der Waals surface area contributed by atoms with Crippen molar-refractivity contribution in [3.8, 4) is 0 Å². The highest BCUT2D eigenvalue weighted by Crippen LogP contribution is 2.42. The fraction of sp³-hybridized carbons (Fsp3) is 0.625. The first-order valence-electron chi connectivity index (χ1n) is 10.3. The number of carboxylic acid groups (broad SMARTS) is 3. The first-order chi connectivity index (χ1) is 14.8. The van der Waals surface area contributed by atoms with Crippen LogP contribution in [0.25, 0.3) is 0 Å². The number of hydrogen-bond acceptors (Lipinski definition) is 6. The van der Waals surface area contributed by atoms with Gasteiger partial charge in [0.25, 0.3) is 0 Å². The summed E-state index contributed by atoms with van der Waals surface area (Å²) in [5.74, 6) is -2.69. The highest BCUT2D eigenvalue weighted by atomic mass is 16.4. The third kappa shape index (κ3) is 19.9. The van der Waals surface area contributed by atoms with E-state index in [0.717, 1.165) is 12.8 Å². The Balaban J connectivity index is -0.000000193. The molecule has 0 saturated carbocycles. The summed E-state index contributed by atoms with van der Waals surface area (Å²) in [6.07, 6.45) is 1.90. The zero-order chi connectivity index (χ0) is 27.6. The maximum atomic E-state index is 9.60. The van der Waals surface area contributed by atoms with Crippen LogP contribution < -0.4 is 0 Å². The molecule has 0 aromatic heterocycles. The van der Waals surface area contributed by atoms with Gasteiger partial charge in [-0.05, 0) is 38.5 Å². The van der Waals surface area contributed by atoms with Gasteiger partial charge in [-0.2, -0.15) is 0 Å². The molecule has 0 heterocycles. The van der Waals surface area contributed by atoms with Crippen LogP contribution in [0.4, 0.5) is 0 Å². The van der Waals surface area contributed by atoms with Crippen LogP contribution in [-0.4, -0.2) is 68.4 Å². The highest BCUT2D eigenvalue weighted by molar-refractivity contribution is 5.85. The number of carbonyl (C=O) groups is 3. The molecular formula is C24H44O9. The lowest BCUT2D eigenvalue weighted by Gasteiger charge is -2.44. The Labute approximate surface area is 197 Å². The molecule has 1 atom stereocenters. The molecule has 0 radical (unpaired) electrons. The van der Waals surface area contributed by atoms with Crippen molar-refractivity contribution in [2.24, 2.45) is 16.7 Å². The molecule has 0 amide bonds. The standard InChI is InChI=1S/C12H26O3.3C4H6O2/c1-5-6-10(11(2,3)4)12(7-13,8-14)9-15;3*1-3(2)4(5)6/h10,13-15H,5-9H2,1-4H3;3*1H2,2H3,(H,5,6). The minimum absolute atomic E-state index is 0.0236. The van der Waals surface area contributed by atoms with Crippen LogP contribution in [0.3, 0.4) is 0 Å². The molecule has 194 valence electrons. The van der Waals surface area contributed by atoms with E-state index in [4.69, 9.17) is 15.3 Å². The van der Waals surface area contributed by atoms with Gasteiger partial charge in [-0.3, -0.25) is 0 Å². The molecule has 0 rings (SSSR count). The molecule has 0 aromatic carbocycles. The summed E-state index contributed by atoms with van der Waals surface area (Å²) < 4.78 is 0. The molecule has 0 spiro atoms. The molecule has 1 unspecified atom stereocenters. The van der Waals surface area contributed by atoms with E-state index in [9.17, 15) is 29.7 Å².